The summed E-state index contributed by atoms with van der Waals surface area (Å²) in [6.07, 6.45) is -1.17. The molecule has 1 amide bonds. The van der Waals surface area contributed by atoms with Crippen LogP contribution in [-0.2, 0) is 19.8 Å². The van der Waals surface area contributed by atoms with Crippen molar-refractivity contribution in [1.29, 1.82) is 0 Å². The first-order chi connectivity index (χ1) is 19.1. The molecule has 1 N–H and O–H groups in total. The first-order valence-corrected chi connectivity index (χ1v) is 12.9. The van der Waals surface area contributed by atoms with Gasteiger partial charge in [0.05, 0.1) is 36.4 Å². The number of nitrogens with one attached hydrogen (secondary N) is 1. The van der Waals surface area contributed by atoms with Crippen LogP contribution in [0.25, 0.3) is 16.9 Å². The van der Waals surface area contributed by atoms with Crippen molar-refractivity contribution in [1.82, 2.24) is 29.7 Å². The Labute approximate surface area is 236 Å². The van der Waals surface area contributed by atoms with Gasteiger partial charge >= 0.3 is 6.18 Å². The van der Waals surface area contributed by atoms with E-state index in [1.807, 2.05) is 53.6 Å². The van der Waals surface area contributed by atoms with E-state index in [0.717, 1.165) is 29.0 Å². The Morgan fingerprint density at radius 2 is 1.83 bits per heavy atom. The molecule has 2 aromatic heterocycles. The fourth-order valence-corrected chi connectivity index (χ4v) is 4.24. The average molecular weight is 570 g/mol. The molecule has 0 bridgehead atoms. The van der Waals surface area contributed by atoms with Gasteiger partial charge in [0.15, 0.2) is 0 Å². The molecule has 0 saturated carbocycles. The molecule has 0 aliphatic heterocycles. The fourth-order valence-electron chi connectivity index (χ4n) is 4.24. The number of carbonyl (C=O) groups is 1. The van der Waals surface area contributed by atoms with Gasteiger partial charge in [-0.15, -0.1) is 5.10 Å². The van der Waals surface area contributed by atoms with Crippen molar-refractivity contribution >= 4 is 11.6 Å². The lowest BCUT2D eigenvalue weighted by Gasteiger charge is -2.32. The predicted molar refractivity (Wildman–Crippen MR) is 150 cm³/mol. The molecule has 9 nitrogen and oxygen atoms in total. The quantitative estimate of drug-likeness (QED) is 0.303. The van der Waals surface area contributed by atoms with Crippen molar-refractivity contribution in [3.8, 4) is 22.7 Å². The largest absolute Gasteiger partial charge is 0.494 e. The minimum absolute atomic E-state index is 0.0677. The van der Waals surface area contributed by atoms with Crippen molar-refractivity contribution in [2.75, 3.05) is 19.5 Å². The molecule has 4 rings (SSSR count). The van der Waals surface area contributed by atoms with Crippen LogP contribution in [-0.4, -0.2) is 55.3 Å². The van der Waals surface area contributed by atoms with Crippen LogP contribution in [0.4, 0.5) is 18.9 Å². The van der Waals surface area contributed by atoms with Gasteiger partial charge in [-0.25, -0.2) is 4.68 Å². The van der Waals surface area contributed by atoms with E-state index >= 15 is 0 Å². The van der Waals surface area contributed by atoms with E-state index in [-0.39, 0.29) is 29.1 Å². The highest BCUT2D eigenvalue weighted by molar-refractivity contribution is 6.05. The molecule has 0 radical (unpaired) electrons. The molecule has 0 atom stereocenters. The van der Waals surface area contributed by atoms with Crippen LogP contribution in [0.1, 0.15) is 53.5 Å². The number of hydrogen-bond acceptors (Lipinski definition) is 6. The Kier molecular flexibility index (Phi) is 7.99. The van der Waals surface area contributed by atoms with Crippen molar-refractivity contribution in [3.05, 3.63) is 70.7 Å². The molecule has 218 valence electrons. The van der Waals surface area contributed by atoms with Crippen LogP contribution in [0.5, 0.6) is 5.75 Å². The molecular weight excluding hydrogens is 535 g/mol. The summed E-state index contributed by atoms with van der Waals surface area (Å²) in [7, 11) is 5.02. The van der Waals surface area contributed by atoms with Gasteiger partial charge < -0.3 is 10.1 Å². The highest BCUT2D eigenvalue weighted by Gasteiger charge is 2.33. The van der Waals surface area contributed by atoms with Gasteiger partial charge in [-0.3, -0.25) is 14.4 Å². The second-order valence-corrected chi connectivity index (χ2v) is 11.0. The number of aromatic nitrogens is 5. The zero-order valence-corrected chi connectivity index (χ0v) is 24.4. The molecule has 0 aliphatic carbocycles. The van der Waals surface area contributed by atoms with Crippen LogP contribution >= 0.6 is 0 Å². The monoisotopic (exact) mass is 569 g/mol. The van der Waals surface area contributed by atoms with Gasteiger partial charge in [0.1, 0.15) is 11.4 Å². The molecule has 0 saturated heterocycles. The summed E-state index contributed by atoms with van der Waals surface area (Å²) in [4.78, 5) is 15.3. The number of anilines is 1. The Morgan fingerprint density at radius 1 is 1.12 bits per heavy atom. The fraction of sp³-hybridized carbons (Fsp3) is 0.379. The van der Waals surface area contributed by atoms with Crippen molar-refractivity contribution in [3.63, 3.8) is 0 Å². The number of aryl methyl sites for hydroxylation is 2. The van der Waals surface area contributed by atoms with E-state index in [9.17, 15) is 18.0 Å². The van der Waals surface area contributed by atoms with Gasteiger partial charge in [-0.2, -0.15) is 18.3 Å². The summed E-state index contributed by atoms with van der Waals surface area (Å²) in [5.41, 5.74) is 3.07. The summed E-state index contributed by atoms with van der Waals surface area (Å²) < 4.78 is 50.4. The summed E-state index contributed by atoms with van der Waals surface area (Å²) >= 11 is 0. The van der Waals surface area contributed by atoms with Crippen LogP contribution in [0, 0.1) is 13.8 Å². The number of alkyl halides is 3. The van der Waals surface area contributed by atoms with Crippen LogP contribution in [0.3, 0.4) is 0 Å². The minimum Gasteiger partial charge on any atom is -0.494 e. The molecule has 12 heteroatoms. The number of amides is 1. The highest BCUT2D eigenvalue weighted by Crippen LogP contribution is 2.39. The second kappa shape index (κ2) is 11.0. The molecule has 0 unspecified atom stereocenters. The van der Waals surface area contributed by atoms with Crippen LogP contribution < -0.4 is 10.1 Å². The number of ether oxygens (including phenoxy) is 1. The van der Waals surface area contributed by atoms with E-state index in [1.54, 1.807) is 40.0 Å². The minimum atomic E-state index is -4.62. The van der Waals surface area contributed by atoms with E-state index in [2.05, 4.69) is 20.7 Å². The number of halogens is 3. The normalized spacial score (nSPS) is 12.2. The second-order valence-electron chi connectivity index (χ2n) is 11.0. The summed E-state index contributed by atoms with van der Waals surface area (Å²) in [6.45, 7) is 9.84. The number of carbonyl (C=O) groups excluding carboxylic acids is 1. The lowest BCUT2D eigenvalue weighted by atomic mass is 10.0. The van der Waals surface area contributed by atoms with Crippen LogP contribution in [0.15, 0.2) is 42.7 Å². The maximum atomic E-state index is 13.9. The maximum Gasteiger partial charge on any atom is 0.416 e. The molecule has 0 fully saturated rings. The third kappa shape index (κ3) is 6.27. The Bertz CT molecular complexity index is 1580. The number of nitrogens with zero attached hydrogens (tertiary/aromatic N) is 6. The lowest BCUT2D eigenvalue weighted by Crippen LogP contribution is -2.37. The summed E-state index contributed by atoms with van der Waals surface area (Å²) in [5.74, 6) is -0.426. The lowest BCUT2D eigenvalue weighted by molar-refractivity contribution is -0.137. The van der Waals surface area contributed by atoms with Gasteiger partial charge in [0, 0.05) is 41.5 Å². The number of rotatable bonds is 7. The Morgan fingerprint density at radius 3 is 2.41 bits per heavy atom. The number of benzene rings is 2. The zero-order chi connectivity index (χ0) is 30.3. The molecule has 2 aromatic carbocycles. The van der Waals surface area contributed by atoms with Crippen molar-refractivity contribution < 1.29 is 22.7 Å². The summed E-state index contributed by atoms with van der Waals surface area (Å²) in [5, 5.41) is 15.4. The van der Waals surface area contributed by atoms with E-state index in [1.165, 1.54) is 7.11 Å². The standard InChI is InChI=1S/C29H34F3N7O2/c1-17-9-10-19(12-25(17)39-16-24(35-36-39)22-14-33-38(7)18(22)2)27(40)34-23-13-21(29(30,31)32)11-20(26(23)41-8)15-37(6)28(3,4)5/h9-14,16H,15H2,1-8H3,(H,34,40). The summed E-state index contributed by atoms with van der Waals surface area (Å²) in [6, 6.07) is 6.92. The molecule has 41 heavy (non-hydrogen) atoms. The number of hydrogen-bond donors (Lipinski definition) is 1. The smallest absolute Gasteiger partial charge is 0.416 e. The first kappa shape index (κ1) is 29.8. The first-order valence-electron chi connectivity index (χ1n) is 12.9. The van der Waals surface area contributed by atoms with Gasteiger partial charge in [0.25, 0.3) is 5.91 Å². The molecule has 0 aliphatic rings. The third-order valence-corrected chi connectivity index (χ3v) is 7.22. The van der Waals surface area contributed by atoms with Gasteiger partial charge in [-0.05, 0) is 71.5 Å². The molecular formula is C29H34F3N7O2. The van der Waals surface area contributed by atoms with E-state index < -0.39 is 17.6 Å². The third-order valence-electron chi connectivity index (χ3n) is 7.22. The maximum absolute atomic E-state index is 13.9. The predicted octanol–water partition coefficient (Wildman–Crippen LogP) is 5.79. The van der Waals surface area contributed by atoms with E-state index in [4.69, 9.17) is 4.74 Å². The SMILES string of the molecule is COc1c(CN(C)C(C)(C)C)cc(C(F)(F)F)cc1NC(=O)c1ccc(C)c(-n2cc(-c3cnn(C)c3C)nn2)c1. The molecule has 4 aromatic rings. The van der Waals surface area contributed by atoms with Gasteiger partial charge in [-0.1, -0.05) is 11.3 Å². The van der Waals surface area contributed by atoms with E-state index in [0.29, 0.717) is 16.9 Å². The Hall–Kier alpha value is -4.19. The topological polar surface area (TPSA) is 90.1 Å². The average Bonchev–Trinajstić information content (AvgIpc) is 3.49. The zero-order valence-electron chi connectivity index (χ0n) is 24.4. The van der Waals surface area contributed by atoms with Crippen molar-refractivity contribution in [2.45, 2.75) is 52.9 Å². The molecule has 0 spiro atoms. The van der Waals surface area contributed by atoms with Crippen LogP contribution in [0.2, 0.25) is 0 Å². The van der Waals surface area contributed by atoms with Gasteiger partial charge in [0.2, 0.25) is 0 Å². The number of methoxy groups -OCH3 is 1. The van der Waals surface area contributed by atoms with Crippen molar-refractivity contribution in [2.24, 2.45) is 7.05 Å². The highest BCUT2D eigenvalue weighted by atomic mass is 19.4. The molecule has 2 heterocycles. The Balaban J connectivity index is 1.69.